The Kier molecular flexibility index (Phi) is 5.23. The number of halogens is 3. The first-order valence-corrected chi connectivity index (χ1v) is 8.73. The van der Waals surface area contributed by atoms with E-state index in [-0.39, 0.29) is 0 Å². The number of nitrogen functional groups attached to an aromatic ring is 1. The number of hydrogen-bond donors (Lipinski definition) is 1. The molecule has 120 valence electrons. The van der Waals surface area contributed by atoms with E-state index in [9.17, 15) is 0 Å². The Morgan fingerprint density at radius 1 is 0.750 bits per heavy atom. The standard InChI is InChI=1S/C8H4BrClN2.C8H6BrN3/c2*9-5-3-7-6(11-4-5)1-2-8(10)12-7/h1-4H;1-4H,(H2,10,12). The zero-order chi connectivity index (χ0) is 17.1. The molecule has 0 unspecified atom stereocenters. The zero-order valence-corrected chi connectivity index (χ0v) is 16.0. The highest BCUT2D eigenvalue weighted by Crippen LogP contribution is 2.17. The van der Waals surface area contributed by atoms with Crippen molar-refractivity contribution >= 4 is 71.3 Å². The first-order chi connectivity index (χ1) is 11.5. The third-order valence-corrected chi connectivity index (χ3v) is 4.07. The fourth-order valence-electron chi connectivity index (χ4n) is 1.95. The Morgan fingerprint density at radius 3 is 1.92 bits per heavy atom. The second-order valence-corrected chi connectivity index (χ2v) is 6.97. The lowest BCUT2D eigenvalue weighted by Crippen LogP contribution is -1.90. The monoisotopic (exact) mass is 465 g/mol. The lowest BCUT2D eigenvalue weighted by molar-refractivity contribution is 1.32. The molecule has 4 aromatic rings. The second-order valence-electron chi connectivity index (χ2n) is 4.75. The Balaban J connectivity index is 0.000000141. The molecule has 0 radical (unpaired) electrons. The summed E-state index contributed by atoms with van der Waals surface area (Å²) in [7, 11) is 0. The van der Waals surface area contributed by atoms with Crippen molar-refractivity contribution in [2.75, 3.05) is 5.73 Å². The lowest BCUT2D eigenvalue weighted by Gasteiger charge is -1.97. The number of nitrogens with zero attached hydrogens (tertiary/aromatic N) is 4. The molecule has 4 heterocycles. The summed E-state index contributed by atoms with van der Waals surface area (Å²) in [6.45, 7) is 0. The summed E-state index contributed by atoms with van der Waals surface area (Å²) in [5.41, 5.74) is 8.84. The Morgan fingerprint density at radius 2 is 1.29 bits per heavy atom. The highest BCUT2D eigenvalue weighted by Gasteiger charge is 1.98. The summed E-state index contributed by atoms with van der Waals surface area (Å²) in [6, 6.07) is 10.9. The van der Waals surface area contributed by atoms with E-state index in [0.29, 0.717) is 11.0 Å². The molecule has 0 fully saturated rings. The van der Waals surface area contributed by atoms with Gasteiger partial charge in [0.15, 0.2) is 0 Å². The van der Waals surface area contributed by atoms with Crippen LogP contribution in [-0.2, 0) is 0 Å². The van der Waals surface area contributed by atoms with Crippen LogP contribution in [0.3, 0.4) is 0 Å². The molecular weight excluding hydrogens is 457 g/mol. The number of nitrogens with two attached hydrogens (primary N) is 1. The van der Waals surface area contributed by atoms with Gasteiger partial charge in [0.2, 0.25) is 0 Å². The molecule has 0 spiro atoms. The minimum atomic E-state index is 0.488. The van der Waals surface area contributed by atoms with Gasteiger partial charge in [0.25, 0.3) is 0 Å². The summed E-state index contributed by atoms with van der Waals surface area (Å²) in [4.78, 5) is 16.5. The van der Waals surface area contributed by atoms with Gasteiger partial charge in [-0.1, -0.05) is 11.6 Å². The van der Waals surface area contributed by atoms with Crippen molar-refractivity contribution in [2.24, 2.45) is 0 Å². The molecule has 5 nitrogen and oxygen atoms in total. The molecule has 24 heavy (non-hydrogen) atoms. The highest BCUT2D eigenvalue weighted by atomic mass is 79.9. The SMILES string of the molecule is Clc1ccc2ncc(Br)cc2n1.Nc1ccc2ncc(Br)cc2n1. The van der Waals surface area contributed by atoms with Crippen LogP contribution in [0.2, 0.25) is 5.15 Å². The Hall–Kier alpha value is -1.83. The molecule has 4 rings (SSSR count). The number of hydrogen-bond acceptors (Lipinski definition) is 5. The predicted octanol–water partition coefficient (Wildman–Crippen LogP) is 5.02. The van der Waals surface area contributed by atoms with Gasteiger partial charge in [-0.3, -0.25) is 9.97 Å². The summed E-state index contributed by atoms with van der Waals surface area (Å²) < 4.78 is 1.82. The molecule has 0 amide bonds. The molecule has 0 atom stereocenters. The lowest BCUT2D eigenvalue weighted by atomic mass is 10.3. The summed E-state index contributed by atoms with van der Waals surface area (Å²) in [5.74, 6) is 0.516. The van der Waals surface area contributed by atoms with Crippen LogP contribution < -0.4 is 5.73 Å². The van der Waals surface area contributed by atoms with Gasteiger partial charge in [0.05, 0.1) is 22.1 Å². The Labute approximate surface area is 159 Å². The number of anilines is 1. The summed E-state index contributed by atoms with van der Waals surface area (Å²) in [6.07, 6.45) is 3.47. The minimum Gasteiger partial charge on any atom is -0.384 e. The molecule has 8 heteroatoms. The molecular formula is C16H10Br2ClN5. The molecule has 0 aromatic carbocycles. The van der Waals surface area contributed by atoms with Crippen LogP contribution in [0.4, 0.5) is 5.82 Å². The third-order valence-electron chi connectivity index (χ3n) is 3.00. The fraction of sp³-hybridized carbons (Fsp3) is 0. The van der Waals surface area contributed by atoms with Crippen LogP contribution >= 0.6 is 43.5 Å². The van der Waals surface area contributed by atoms with Gasteiger partial charge in [-0.15, -0.1) is 0 Å². The number of pyridine rings is 4. The fourth-order valence-corrected chi connectivity index (χ4v) is 2.75. The number of fused-ring (bicyclic) bond motifs is 2. The van der Waals surface area contributed by atoms with Crippen LogP contribution in [0.5, 0.6) is 0 Å². The van der Waals surface area contributed by atoms with Gasteiger partial charge >= 0.3 is 0 Å². The van der Waals surface area contributed by atoms with E-state index >= 15 is 0 Å². The number of rotatable bonds is 0. The second kappa shape index (κ2) is 7.38. The smallest absolute Gasteiger partial charge is 0.129 e. The van der Waals surface area contributed by atoms with Crippen molar-refractivity contribution < 1.29 is 0 Å². The summed E-state index contributed by atoms with van der Waals surface area (Å²) in [5, 5.41) is 0.488. The third kappa shape index (κ3) is 4.17. The van der Waals surface area contributed by atoms with E-state index in [2.05, 4.69) is 51.8 Å². The van der Waals surface area contributed by atoms with Gasteiger partial charge < -0.3 is 5.73 Å². The molecule has 4 aromatic heterocycles. The average molecular weight is 468 g/mol. The van der Waals surface area contributed by atoms with E-state index in [1.165, 1.54) is 0 Å². The normalized spacial score (nSPS) is 10.5. The van der Waals surface area contributed by atoms with Gasteiger partial charge in [0, 0.05) is 21.3 Å². The van der Waals surface area contributed by atoms with E-state index in [1.807, 2.05) is 24.3 Å². The average Bonchev–Trinajstić information content (AvgIpc) is 2.54. The molecule has 0 saturated heterocycles. The van der Waals surface area contributed by atoms with E-state index in [0.717, 1.165) is 31.0 Å². The maximum atomic E-state index is 5.72. The summed E-state index contributed by atoms with van der Waals surface area (Å²) >= 11 is 12.3. The number of aromatic nitrogens is 4. The van der Waals surface area contributed by atoms with Crippen LogP contribution in [0.1, 0.15) is 0 Å². The van der Waals surface area contributed by atoms with Gasteiger partial charge in [-0.2, -0.15) is 0 Å². The maximum absolute atomic E-state index is 5.72. The van der Waals surface area contributed by atoms with E-state index in [1.54, 1.807) is 24.5 Å². The van der Waals surface area contributed by atoms with Crippen molar-refractivity contribution in [1.29, 1.82) is 0 Å². The highest BCUT2D eigenvalue weighted by molar-refractivity contribution is 9.10. The van der Waals surface area contributed by atoms with Crippen LogP contribution in [0, 0.1) is 0 Å². The van der Waals surface area contributed by atoms with E-state index < -0.39 is 0 Å². The molecule has 0 saturated carbocycles. The van der Waals surface area contributed by atoms with Crippen LogP contribution in [-0.4, -0.2) is 19.9 Å². The minimum absolute atomic E-state index is 0.488. The zero-order valence-electron chi connectivity index (χ0n) is 12.1. The maximum Gasteiger partial charge on any atom is 0.129 e. The molecule has 2 N–H and O–H groups in total. The molecule has 0 aliphatic heterocycles. The molecule has 0 bridgehead atoms. The van der Waals surface area contributed by atoms with Gasteiger partial charge in [0.1, 0.15) is 11.0 Å². The van der Waals surface area contributed by atoms with Gasteiger partial charge in [-0.25, -0.2) is 9.97 Å². The first kappa shape index (κ1) is 17.0. The van der Waals surface area contributed by atoms with Crippen molar-refractivity contribution in [3.8, 4) is 0 Å². The van der Waals surface area contributed by atoms with Crippen molar-refractivity contribution in [1.82, 2.24) is 19.9 Å². The van der Waals surface area contributed by atoms with Crippen molar-refractivity contribution in [3.63, 3.8) is 0 Å². The largest absolute Gasteiger partial charge is 0.384 e. The first-order valence-electron chi connectivity index (χ1n) is 6.77. The van der Waals surface area contributed by atoms with Crippen LogP contribution in [0.15, 0.2) is 57.7 Å². The van der Waals surface area contributed by atoms with Crippen LogP contribution in [0.25, 0.3) is 22.1 Å². The molecule has 0 aliphatic carbocycles. The van der Waals surface area contributed by atoms with Crippen molar-refractivity contribution in [3.05, 3.63) is 62.9 Å². The van der Waals surface area contributed by atoms with Crippen molar-refractivity contribution in [2.45, 2.75) is 0 Å². The predicted molar refractivity (Wildman–Crippen MR) is 104 cm³/mol. The quantitative estimate of drug-likeness (QED) is 0.368. The Bertz CT molecular complexity index is 869. The van der Waals surface area contributed by atoms with E-state index in [4.69, 9.17) is 17.3 Å². The molecule has 0 aliphatic rings. The van der Waals surface area contributed by atoms with Gasteiger partial charge in [-0.05, 0) is 68.3 Å². The topological polar surface area (TPSA) is 77.6 Å².